The highest BCUT2D eigenvalue weighted by molar-refractivity contribution is 5.42. The molecule has 3 rings (SSSR count). The van der Waals surface area contributed by atoms with E-state index >= 15 is 0 Å². The second-order valence-corrected chi connectivity index (χ2v) is 5.38. The average Bonchev–Trinajstić information content (AvgIpc) is 2.58. The van der Waals surface area contributed by atoms with E-state index in [9.17, 15) is 5.11 Å². The molecule has 1 N–H and O–H groups in total. The summed E-state index contributed by atoms with van der Waals surface area (Å²) in [5.74, 6) is 1.16. The first-order chi connectivity index (χ1) is 10.8. The van der Waals surface area contributed by atoms with Crippen molar-refractivity contribution in [1.82, 2.24) is 4.90 Å². The van der Waals surface area contributed by atoms with Crippen molar-refractivity contribution in [3.8, 4) is 11.5 Å². The van der Waals surface area contributed by atoms with E-state index in [1.807, 2.05) is 30.3 Å². The predicted octanol–water partition coefficient (Wildman–Crippen LogP) is 2.82. The molecule has 0 aliphatic carbocycles. The molecular formula is C18H21NO3. The Morgan fingerprint density at radius 3 is 2.36 bits per heavy atom. The van der Waals surface area contributed by atoms with Gasteiger partial charge in [0.1, 0.15) is 11.5 Å². The molecule has 1 aliphatic rings. The summed E-state index contributed by atoms with van der Waals surface area (Å²) in [4.78, 5) is 2.35. The van der Waals surface area contributed by atoms with Crippen LogP contribution >= 0.6 is 0 Å². The minimum Gasteiger partial charge on any atom is -0.508 e. The van der Waals surface area contributed by atoms with Gasteiger partial charge in [0.05, 0.1) is 26.4 Å². The minimum atomic E-state index is 0.0241. The molecule has 0 saturated carbocycles. The van der Waals surface area contributed by atoms with Crippen molar-refractivity contribution in [1.29, 1.82) is 0 Å². The van der Waals surface area contributed by atoms with Gasteiger partial charge in [-0.2, -0.15) is 0 Å². The second kappa shape index (κ2) is 6.81. The number of hydrogen-bond acceptors (Lipinski definition) is 4. The van der Waals surface area contributed by atoms with Crippen LogP contribution in [0.5, 0.6) is 11.5 Å². The van der Waals surface area contributed by atoms with Crippen molar-refractivity contribution < 1.29 is 14.6 Å². The molecule has 1 saturated heterocycles. The van der Waals surface area contributed by atoms with Crippen LogP contribution in [0.15, 0.2) is 48.5 Å². The molecule has 2 aromatic rings. The molecule has 4 nitrogen and oxygen atoms in total. The maximum absolute atomic E-state index is 10.3. The topological polar surface area (TPSA) is 41.9 Å². The number of nitrogens with zero attached hydrogens (tertiary/aromatic N) is 1. The Morgan fingerprint density at radius 2 is 1.73 bits per heavy atom. The summed E-state index contributed by atoms with van der Waals surface area (Å²) in [6.45, 7) is 3.15. The Morgan fingerprint density at radius 1 is 1.05 bits per heavy atom. The molecule has 2 aromatic carbocycles. The van der Waals surface area contributed by atoms with Crippen LogP contribution < -0.4 is 4.74 Å². The summed E-state index contributed by atoms with van der Waals surface area (Å²) in [5, 5.41) is 10.3. The fourth-order valence-electron chi connectivity index (χ4n) is 2.93. The van der Waals surface area contributed by atoms with E-state index in [1.165, 1.54) is 0 Å². The van der Waals surface area contributed by atoms with E-state index < -0.39 is 0 Å². The van der Waals surface area contributed by atoms with Gasteiger partial charge in [-0.25, -0.2) is 0 Å². The number of phenols is 1. The third kappa shape index (κ3) is 3.08. The highest BCUT2D eigenvalue weighted by atomic mass is 16.5. The van der Waals surface area contributed by atoms with Crippen LogP contribution in [0.25, 0.3) is 0 Å². The fourth-order valence-corrected chi connectivity index (χ4v) is 2.93. The summed E-state index contributed by atoms with van der Waals surface area (Å²) in [5.41, 5.74) is 2.07. The van der Waals surface area contributed by atoms with Crippen LogP contribution in [0.3, 0.4) is 0 Å². The van der Waals surface area contributed by atoms with Crippen LogP contribution in [0.1, 0.15) is 17.2 Å². The van der Waals surface area contributed by atoms with E-state index in [2.05, 4.69) is 17.0 Å². The van der Waals surface area contributed by atoms with Crippen molar-refractivity contribution in [2.45, 2.75) is 6.04 Å². The first kappa shape index (κ1) is 14.9. The van der Waals surface area contributed by atoms with Crippen molar-refractivity contribution >= 4 is 0 Å². The number of hydrogen-bond donors (Lipinski definition) is 1. The molecule has 0 radical (unpaired) electrons. The maximum Gasteiger partial charge on any atom is 0.120 e. The largest absolute Gasteiger partial charge is 0.508 e. The third-order valence-electron chi connectivity index (χ3n) is 4.07. The van der Waals surface area contributed by atoms with Gasteiger partial charge in [0.2, 0.25) is 0 Å². The molecule has 1 atom stereocenters. The Kier molecular flexibility index (Phi) is 4.61. The molecule has 1 fully saturated rings. The normalized spacial score (nSPS) is 17.1. The van der Waals surface area contributed by atoms with E-state index in [-0.39, 0.29) is 6.04 Å². The Bertz CT molecular complexity index is 606. The molecular weight excluding hydrogens is 278 g/mol. The number of morpholine rings is 1. The van der Waals surface area contributed by atoms with E-state index in [0.29, 0.717) is 5.75 Å². The van der Waals surface area contributed by atoms with Crippen LogP contribution in [0, 0.1) is 0 Å². The van der Waals surface area contributed by atoms with Crippen LogP contribution in [0.4, 0.5) is 0 Å². The highest BCUT2D eigenvalue weighted by Crippen LogP contribution is 2.35. The van der Waals surface area contributed by atoms with Crippen LogP contribution in [0.2, 0.25) is 0 Å². The molecule has 0 aromatic heterocycles. The van der Waals surface area contributed by atoms with Crippen LogP contribution in [-0.4, -0.2) is 43.4 Å². The highest BCUT2D eigenvalue weighted by Gasteiger charge is 2.26. The molecule has 0 unspecified atom stereocenters. The van der Waals surface area contributed by atoms with Gasteiger partial charge in [-0.05, 0) is 23.8 Å². The monoisotopic (exact) mass is 299 g/mol. The molecule has 22 heavy (non-hydrogen) atoms. The van der Waals surface area contributed by atoms with Gasteiger partial charge >= 0.3 is 0 Å². The number of para-hydroxylation sites is 1. The van der Waals surface area contributed by atoms with Gasteiger partial charge in [-0.1, -0.05) is 30.3 Å². The van der Waals surface area contributed by atoms with Crippen molar-refractivity contribution in [2.75, 3.05) is 33.4 Å². The molecule has 1 aliphatic heterocycles. The first-order valence-electron chi connectivity index (χ1n) is 7.53. The maximum atomic E-state index is 10.3. The van der Waals surface area contributed by atoms with Gasteiger partial charge < -0.3 is 14.6 Å². The predicted molar refractivity (Wildman–Crippen MR) is 85.3 cm³/mol. The zero-order valence-electron chi connectivity index (χ0n) is 12.7. The molecule has 116 valence electrons. The zero-order chi connectivity index (χ0) is 15.4. The number of rotatable bonds is 4. The fraction of sp³-hybridized carbons (Fsp3) is 0.333. The van der Waals surface area contributed by atoms with E-state index in [0.717, 1.165) is 43.2 Å². The minimum absolute atomic E-state index is 0.0241. The Hall–Kier alpha value is -2.04. The molecule has 1 heterocycles. The first-order valence-corrected chi connectivity index (χ1v) is 7.53. The molecule has 0 amide bonds. The van der Waals surface area contributed by atoms with Gasteiger partial charge in [0, 0.05) is 18.7 Å². The molecule has 0 spiro atoms. The van der Waals surface area contributed by atoms with E-state index in [1.54, 1.807) is 13.2 Å². The SMILES string of the molecule is COc1ccc([C@H](c2ccccc2O)N2CCOCC2)cc1. The van der Waals surface area contributed by atoms with Gasteiger partial charge in [0.25, 0.3) is 0 Å². The van der Waals surface area contributed by atoms with Gasteiger partial charge in [-0.15, -0.1) is 0 Å². The lowest BCUT2D eigenvalue weighted by atomic mass is 9.95. The Labute approximate surface area is 130 Å². The number of aromatic hydroxyl groups is 1. The standard InChI is InChI=1S/C18H21NO3/c1-21-15-8-6-14(7-9-15)18(19-10-12-22-13-11-19)16-4-2-3-5-17(16)20/h2-9,18,20H,10-13H2,1H3/t18-/m1/s1. The number of phenolic OH excluding ortho intramolecular Hbond substituents is 1. The zero-order valence-corrected chi connectivity index (χ0v) is 12.7. The van der Waals surface area contributed by atoms with E-state index in [4.69, 9.17) is 9.47 Å². The van der Waals surface area contributed by atoms with Crippen LogP contribution in [-0.2, 0) is 4.74 Å². The van der Waals surface area contributed by atoms with Gasteiger partial charge in [0.15, 0.2) is 0 Å². The number of methoxy groups -OCH3 is 1. The molecule has 4 heteroatoms. The third-order valence-corrected chi connectivity index (χ3v) is 4.07. The lowest BCUT2D eigenvalue weighted by Crippen LogP contribution is -2.39. The van der Waals surface area contributed by atoms with Gasteiger partial charge in [-0.3, -0.25) is 4.90 Å². The quantitative estimate of drug-likeness (QED) is 0.942. The summed E-state index contributed by atoms with van der Waals surface area (Å²) in [7, 11) is 1.66. The smallest absolute Gasteiger partial charge is 0.120 e. The summed E-state index contributed by atoms with van der Waals surface area (Å²) >= 11 is 0. The Balaban J connectivity index is 1.99. The summed E-state index contributed by atoms with van der Waals surface area (Å²) in [6, 6.07) is 15.6. The van der Waals surface area contributed by atoms with Crippen molar-refractivity contribution in [3.05, 3.63) is 59.7 Å². The van der Waals surface area contributed by atoms with Crippen molar-refractivity contribution in [3.63, 3.8) is 0 Å². The number of benzene rings is 2. The lowest BCUT2D eigenvalue weighted by Gasteiger charge is -2.35. The van der Waals surface area contributed by atoms with Crippen molar-refractivity contribution in [2.24, 2.45) is 0 Å². The molecule has 0 bridgehead atoms. The summed E-state index contributed by atoms with van der Waals surface area (Å²) < 4.78 is 10.7. The average molecular weight is 299 g/mol. The number of ether oxygens (including phenoxy) is 2. The lowest BCUT2D eigenvalue weighted by molar-refractivity contribution is 0.0235. The summed E-state index contributed by atoms with van der Waals surface area (Å²) in [6.07, 6.45) is 0. The second-order valence-electron chi connectivity index (χ2n) is 5.38.